The molecule has 3 rings (SSSR count). The zero-order chi connectivity index (χ0) is 14.8. The van der Waals surface area contributed by atoms with E-state index in [4.69, 9.17) is 9.84 Å². The second kappa shape index (κ2) is 6.25. The number of fused-ring (bicyclic) bond motifs is 1. The number of hydrogen-bond acceptors (Lipinski definition) is 5. The maximum Gasteiger partial charge on any atom is 0.313 e. The second-order valence-electron chi connectivity index (χ2n) is 4.59. The molecule has 1 N–H and O–H groups in total. The number of morpholine rings is 1. The molecule has 1 aliphatic heterocycles. The van der Waals surface area contributed by atoms with Gasteiger partial charge >= 0.3 is 5.97 Å². The van der Waals surface area contributed by atoms with Crippen LogP contribution < -0.4 is 5.01 Å². The van der Waals surface area contributed by atoms with Gasteiger partial charge in [0.15, 0.2) is 5.16 Å². The number of carbonyl (C=O) groups is 1. The standard InChI is InChI=1S/C13H14BrN3O3S/c14-9-1-2-10-11(7-9)17(16-3-5-20-6-4-16)13(15-10)21-8-12(18)19/h1-2,7H,3-6,8H2,(H,18,19). The molecule has 1 fully saturated rings. The number of aromatic nitrogens is 2. The Morgan fingerprint density at radius 2 is 2.19 bits per heavy atom. The Hall–Kier alpha value is -1.25. The summed E-state index contributed by atoms with van der Waals surface area (Å²) < 4.78 is 8.37. The average molecular weight is 372 g/mol. The largest absolute Gasteiger partial charge is 0.481 e. The zero-order valence-corrected chi connectivity index (χ0v) is 13.6. The van der Waals surface area contributed by atoms with E-state index in [2.05, 4.69) is 25.9 Å². The van der Waals surface area contributed by atoms with E-state index >= 15 is 0 Å². The van der Waals surface area contributed by atoms with Crippen LogP contribution in [0.15, 0.2) is 27.8 Å². The molecule has 1 aromatic carbocycles. The van der Waals surface area contributed by atoms with E-state index in [9.17, 15) is 4.79 Å². The fraction of sp³-hybridized carbons (Fsp3) is 0.385. The topological polar surface area (TPSA) is 67.6 Å². The van der Waals surface area contributed by atoms with Gasteiger partial charge in [-0.05, 0) is 18.2 Å². The van der Waals surface area contributed by atoms with Crippen LogP contribution >= 0.6 is 27.7 Å². The third kappa shape index (κ3) is 3.17. The van der Waals surface area contributed by atoms with Gasteiger partial charge in [-0.1, -0.05) is 27.7 Å². The summed E-state index contributed by atoms with van der Waals surface area (Å²) >= 11 is 4.71. The van der Waals surface area contributed by atoms with E-state index in [-0.39, 0.29) is 5.75 Å². The highest BCUT2D eigenvalue weighted by Crippen LogP contribution is 2.27. The fourth-order valence-corrected chi connectivity index (χ4v) is 3.36. The molecule has 0 aliphatic carbocycles. The molecule has 1 aliphatic rings. The van der Waals surface area contributed by atoms with Gasteiger partial charge < -0.3 is 14.9 Å². The van der Waals surface area contributed by atoms with Crippen LogP contribution in [0.2, 0.25) is 0 Å². The van der Waals surface area contributed by atoms with Crippen molar-refractivity contribution in [2.75, 3.05) is 37.1 Å². The number of imidazole rings is 1. The summed E-state index contributed by atoms with van der Waals surface area (Å²) in [4.78, 5) is 15.4. The Bertz CT molecular complexity index is 670. The van der Waals surface area contributed by atoms with Crippen LogP contribution in [0, 0.1) is 0 Å². The van der Waals surface area contributed by atoms with Gasteiger partial charge in [-0.2, -0.15) is 0 Å². The first-order chi connectivity index (χ1) is 10.1. The van der Waals surface area contributed by atoms with Gasteiger partial charge in [-0.25, -0.2) is 9.66 Å². The molecule has 0 radical (unpaired) electrons. The lowest BCUT2D eigenvalue weighted by Gasteiger charge is -2.31. The van der Waals surface area contributed by atoms with E-state index in [1.807, 2.05) is 22.9 Å². The summed E-state index contributed by atoms with van der Waals surface area (Å²) in [5.41, 5.74) is 1.83. The first kappa shape index (κ1) is 14.7. The number of nitrogens with zero attached hydrogens (tertiary/aromatic N) is 3. The van der Waals surface area contributed by atoms with Crippen LogP contribution in [-0.2, 0) is 9.53 Å². The van der Waals surface area contributed by atoms with Gasteiger partial charge in [-0.15, -0.1) is 0 Å². The second-order valence-corrected chi connectivity index (χ2v) is 6.45. The Balaban J connectivity index is 2.04. The molecule has 2 heterocycles. The van der Waals surface area contributed by atoms with Crippen LogP contribution in [0.25, 0.3) is 11.0 Å². The van der Waals surface area contributed by atoms with Crippen molar-refractivity contribution in [3.05, 3.63) is 22.7 Å². The van der Waals surface area contributed by atoms with Crippen molar-refractivity contribution < 1.29 is 14.6 Å². The Kier molecular flexibility index (Phi) is 4.37. The van der Waals surface area contributed by atoms with Crippen molar-refractivity contribution in [2.24, 2.45) is 0 Å². The van der Waals surface area contributed by atoms with Gasteiger partial charge in [-0.3, -0.25) is 4.79 Å². The normalized spacial score (nSPS) is 15.6. The molecule has 6 nitrogen and oxygen atoms in total. The number of ether oxygens (including phenoxy) is 1. The highest BCUT2D eigenvalue weighted by Gasteiger charge is 2.19. The van der Waals surface area contributed by atoms with Crippen LogP contribution in [0.3, 0.4) is 0 Å². The van der Waals surface area contributed by atoms with Crippen molar-refractivity contribution in [1.82, 2.24) is 9.66 Å². The number of hydrogen-bond donors (Lipinski definition) is 1. The molecule has 0 amide bonds. The molecule has 0 atom stereocenters. The lowest BCUT2D eigenvalue weighted by atomic mass is 10.3. The Morgan fingerprint density at radius 1 is 1.43 bits per heavy atom. The van der Waals surface area contributed by atoms with E-state index in [0.717, 1.165) is 28.6 Å². The van der Waals surface area contributed by atoms with Crippen LogP contribution in [0.1, 0.15) is 0 Å². The van der Waals surface area contributed by atoms with Crippen LogP contribution in [0.4, 0.5) is 0 Å². The third-order valence-electron chi connectivity index (χ3n) is 3.16. The van der Waals surface area contributed by atoms with Crippen molar-refractivity contribution in [1.29, 1.82) is 0 Å². The van der Waals surface area contributed by atoms with Gasteiger partial charge in [0.05, 0.1) is 43.1 Å². The minimum atomic E-state index is -0.846. The summed E-state index contributed by atoms with van der Waals surface area (Å²) in [6, 6.07) is 5.87. The highest BCUT2D eigenvalue weighted by atomic mass is 79.9. The summed E-state index contributed by atoms with van der Waals surface area (Å²) in [6.07, 6.45) is 0. The van der Waals surface area contributed by atoms with Crippen molar-refractivity contribution >= 4 is 44.7 Å². The monoisotopic (exact) mass is 371 g/mol. The van der Waals surface area contributed by atoms with E-state index in [0.29, 0.717) is 18.4 Å². The summed E-state index contributed by atoms with van der Waals surface area (Å²) in [5, 5.41) is 11.7. The number of aliphatic carboxylic acids is 1. The molecule has 1 aromatic heterocycles. The molecule has 2 aromatic rings. The summed E-state index contributed by atoms with van der Waals surface area (Å²) in [5.74, 6) is -0.851. The van der Waals surface area contributed by atoms with Gasteiger partial charge in [0.2, 0.25) is 0 Å². The molecule has 0 spiro atoms. The molecule has 21 heavy (non-hydrogen) atoms. The first-order valence-corrected chi connectivity index (χ1v) is 8.28. The number of thioether (sulfide) groups is 1. The fourth-order valence-electron chi connectivity index (χ4n) is 2.26. The number of benzene rings is 1. The zero-order valence-electron chi connectivity index (χ0n) is 11.2. The minimum absolute atomic E-state index is 0.00513. The first-order valence-electron chi connectivity index (χ1n) is 6.51. The quantitative estimate of drug-likeness (QED) is 0.828. The van der Waals surface area contributed by atoms with E-state index < -0.39 is 5.97 Å². The molecular weight excluding hydrogens is 358 g/mol. The van der Waals surface area contributed by atoms with Crippen molar-refractivity contribution in [2.45, 2.75) is 5.16 Å². The van der Waals surface area contributed by atoms with Crippen molar-refractivity contribution in [3.8, 4) is 0 Å². The molecule has 1 saturated heterocycles. The molecule has 112 valence electrons. The average Bonchev–Trinajstić information content (AvgIpc) is 2.83. The van der Waals surface area contributed by atoms with E-state index in [1.165, 1.54) is 11.8 Å². The van der Waals surface area contributed by atoms with Crippen LogP contribution in [-0.4, -0.2) is 52.8 Å². The number of carboxylic acid groups (broad SMARTS) is 1. The maximum atomic E-state index is 10.8. The molecule has 0 saturated carbocycles. The molecule has 8 heteroatoms. The summed E-state index contributed by atoms with van der Waals surface area (Å²) in [7, 11) is 0. The van der Waals surface area contributed by atoms with Gasteiger partial charge in [0.1, 0.15) is 0 Å². The smallest absolute Gasteiger partial charge is 0.313 e. The molecule has 0 bridgehead atoms. The van der Waals surface area contributed by atoms with Gasteiger partial charge in [0.25, 0.3) is 0 Å². The van der Waals surface area contributed by atoms with Crippen LogP contribution in [0.5, 0.6) is 0 Å². The minimum Gasteiger partial charge on any atom is -0.481 e. The number of halogens is 1. The SMILES string of the molecule is O=C(O)CSc1nc2ccc(Br)cc2n1N1CCOCC1. The van der Waals surface area contributed by atoms with Crippen molar-refractivity contribution in [3.63, 3.8) is 0 Å². The highest BCUT2D eigenvalue weighted by molar-refractivity contribution is 9.10. The lowest BCUT2D eigenvalue weighted by molar-refractivity contribution is -0.133. The Morgan fingerprint density at radius 3 is 2.90 bits per heavy atom. The van der Waals surface area contributed by atoms with Gasteiger partial charge in [0, 0.05) is 4.47 Å². The summed E-state index contributed by atoms with van der Waals surface area (Å²) in [6.45, 7) is 2.85. The third-order valence-corrected chi connectivity index (χ3v) is 4.56. The lowest BCUT2D eigenvalue weighted by Crippen LogP contribution is -2.44. The molecular formula is C13H14BrN3O3S. The van der Waals surface area contributed by atoms with E-state index in [1.54, 1.807) is 0 Å². The predicted octanol–water partition coefficient (Wildman–Crippen LogP) is 1.94. The maximum absolute atomic E-state index is 10.8. The Labute approximate surface area is 134 Å². The number of rotatable bonds is 4. The predicted molar refractivity (Wildman–Crippen MR) is 84.6 cm³/mol. The number of carboxylic acids is 1. The molecule has 0 unspecified atom stereocenters.